The Morgan fingerprint density at radius 2 is 2.06 bits per heavy atom. The smallest absolute Gasteiger partial charge is 0.244 e. The van der Waals surface area contributed by atoms with Gasteiger partial charge in [-0.3, -0.25) is 4.79 Å². The molecule has 1 aromatic rings. The van der Waals surface area contributed by atoms with Gasteiger partial charge in [0.15, 0.2) is 0 Å². The van der Waals surface area contributed by atoms with E-state index in [1.807, 2.05) is 37.3 Å². The highest BCUT2D eigenvalue weighted by Gasteiger charge is 2.30. The monoisotopic (exact) mass is 250 g/mol. The molecule has 0 aromatic heterocycles. The zero-order chi connectivity index (χ0) is 13.6. The third-order valence-electron chi connectivity index (χ3n) is 3.02. The van der Waals surface area contributed by atoms with Crippen LogP contribution in [0.3, 0.4) is 0 Å². The molecule has 18 heavy (non-hydrogen) atoms. The van der Waals surface area contributed by atoms with E-state index in [1.165, 1.54) is 0 Å². The van der Waals surface area contributed by atoms with E-state index in [4.69, 9.17) is 10.8 Å². The number of nitrogens with two attached hydrogens (primary N) is 1. The van der Waals surface area contributed by atoms with Crippen LogP contribution in [0.15, 0.2) is 30.3 Å². The lowest BCUT2D eigenvalue weighted by atomic mass is 9.92. The Morgan fingerprint density at radius 1 is 1.44 bits per heavy atom. The van der Waals surface area contributed by atoms with Crippen LogP contribution in [0.2, 0.25) is 0 Å². The van der Waals surface area contributed by atoms with E-state index < -0.39 is 5.54 Å². The minimum Gasteiger partial charge on any atom is -0.396 e. The number of carbonyl (C=O) groups is 1. The van der Waals surface area contributed by atoms with Gasteiger partial charge in [0.05, 0.1) is 0 Å². The summed E-state index contributed by atoms with van der Waals surface area (Å²) in [6.45, 7) is 3.75. The van der Waals surface area contributed by atoms with Gasteiger partial charge in [0.1, 0.15) is 5.54 Å². The van der Waals surface area contributed by atoms with Crippen molar-refractivity contribution in [2.24, 2.45) is 5.73 Å². The molecule has 1 aromatic carbocycles. The number of hydrogen-bond donors (Lipinski definition) is 3. The number of amides is 1. The summed E-state index contributed by atoms with van der Waals surface area (Å²) in [5, 5.41) is 11.6. The Bertz CT molecular complexity index is 377. The van der Waals surface area contributed by atoms with Crippen LogP contribution in [0.25, 0.3) is 0 Å². The van der Waals surface area contributed by atoms with Crippen LogP contribution in [0, 0.1) is 0 Å². The largest absolute Gasteiger partial charge is 0.396 e. The second-order valence-electron chi connectivity index (χ2n) is 4.81. The molecule has 2 atom stereocenters. The number of nitrogens with one attached hydrogen (secondary N) is 1. The number of aliphatic hydroxyl groups excluding tert-OH is 1. The van der Waals surface area contributed by atoms with Crippen molar-refractivity contribution in [2.45, 2.75) is 38.3 Å². The van der Waals surface area contributed by atoms with E-state index >= 15 is 0 Å². The highest BCUT2D eigenvalue weighted by atomic mass is 16.3. The maximum Gasteiger partial charge on any atom is 0.244 e. The van der Waals surface area contributed by atoms with Gasteiger partial charge in [-0.25, -0.2) is 0 Å². The summed E-state index contributed by atoms with van der Waals surface area (Å²) >= 11 is 0. The summed E-state index contributed by atoms with van der Waals surface area (Å²) in [5.41, 5.74) is 5.85. The van der Waals surface area contributed by atoms with Crippen molar-refractivity contribution >= 4 is 5.91 Å². The fourth-order valence-corrected chi connectivity index (χ4v) is 1.76. The van der Waals surface area contributed by atoms with Crippen LogP contribution in [-0.2, 0) is 10.3 Å². The van der Waals surface area contributed by atoms with Gasteiger partial charge >= 0.3 is 0 Å². The Hall–Kier alpha value is -1.39. The zero-order valence-electron chi connectivity index (χ0n) is 11.0. The molecule has 0 aliphatic rings. The van der Waals surface area contributed by atoms with Crippen molar-refractivity contribution < 1.29 is 9.90 Å². The van der Waals surface area contributed by atoms with Crippen molar-refractivity contribution in [1.29, 1.82) is 0 Å². The standard InChI is InChI=1S/C14H22N2O2/c1-11(7-6-10-17)16-13(18)14(2,15)12-8-4-3-5-9-12/h3-5,8-9,11,17H,6-7,10,15H2,1-2H3,(H,16,18). The molecular formula is C14H22N2O2. The Kier molecular flexibility index (Phi) is 5.31. The lowest BCUT2D eigenvalue weighted by Gasteiger charge is -2.26. The van der Waals surface area contributed by atoms with Crippen LogP contribution < -0.4 is 11.1 Å². The van der Waals surface area contributed by atoms with Crippen LogP contribution in [-0.4, -0.2) is 23.7 Å². The first-order valence-corrected chi connectivity index (χ1v) is 6.24. The fraction of sp³-hybridized carbons (Fsp3) is 0.500. The van der Waals surface area contributed by atoms with Crippen LogP contribution in [0.4, 0.5) is 0 Å². The summed E-state index contributed by atoms with van der Waals surface area (Å²) in [4.78, 5) is 12.1. The highest BCUT2D eigenvalue weighted by molar-refractivity contribution is 5.87. The van der Waals surface area contributed by atoms with Crippen molar-refractivity contribution in [1.82, 2.24) is 5.32 Å². The molecule has 1 amide bonds. The predicted octanol–water partition coefficient (Wildman–Crippen LogP) is 1.14. The maximum atomic E-state index is 12.1. The number of aliphatic hydroxyl groups is 1. The molecule has 4 N–H and O–H groups in total. The Morgan fingerprint density at radius 3 is 2.61 bits per heavy atom. The number of rotatable bonds is 6. The molecule has 0 aliphatic carbocycles. The molecular weight excluding hydrogens is 228 g/mol. The molecule has 0 bridgehead atoms. The van der Waals surface area contributed by atoms with Crippen molar-refractivity contribution in [3.8, 4) is 0 Å². The number of benzene rings is 1. The van der Waals surface area contributed by atoms with E-state index in [0.717, 1.165) is 12.0 Å². The van der Waals surface area contributed by atoms with Gasteiger partial charge in [-0.15, -0.1) is 0 Å². The number of carbonyl (C=O) groups excluding carboxylic acids is 1. The summed E-state index contributed by atoms with van der Waals surface area (Å²) < 4.78 is 0. The second-order valence-corrected chi connectivity index (χ2v) is 4.81. The lowest BCUT2D eigenvalue weighted by Crippen LogP contribution is -2.51. The fourth-order valence-electron chi connectivity index (χ4n) is 1.76. The van der Waals surface area contributed by atoms with E-state index in [1.54, 1.807) is 6.92 Å². The van der Waals surface area contributed by atoms with E-state index in [-0.39, 0.29) is 18.6 Å². The molecule has 0 heterocycles. The topological polar surface area (TPSA) is 75.3 Å². The molecule has 0 saturated heterocycles. The van der Waals surface area contributed by atoms with Gasteiger partial charge in [-0.2, -0.15) is 0 Å². The SMILES string of the molecule is CC(CCCO)NC(=O)C(C)(N)c1ccccc1. The molecule has 100 valence electrons. The van der Waals surface area contributed by atoms with Crippen molar-refractivity contribution in [2.75, 3.05) is 6.61 Å². The molecule has 4 heteroatoms. The molecule has 0 saturated carbocycles. The van der Waals surface area contributed by atoms with E-state index in [9.17, 15) is 4.79 Å². The van der Waals surface area contributed by atoms with Gasteiger partial charge in [0, 0.05) is 12.6 Å². The van der Waals surface area contributed by atoms with E-state index in [2.05, 4.69) is 5.32 Å². The van der Waals surface area contributed by atoms with E-state index in [0.29, 0.717) is 6.42 Å². The normalized spacial score (nSPS) is 15.8. The maximum absolute atomic E-state index is 12.1. The summed E-state index contributed by atoms with van der Waals surface area (Å²) in [6.07, 6.45) is 1.42. The lowest BCUT2D eigenvalue weighted by molar-refractivity contribution is -0.126. The molecule has 0 aliphatic heterocycles. The van der Waals surface area contributed by atoms with Crippen molar-refractivity contribution in [3.63, 3.8) is 0 Å². The van der Waals surface area contributed by atoms with Crippen LogP contribution >= 0.6 is 0 Å². The quantitative estimate of drug-likeness (QED) is 0.708. The minimum atomic E-state index is -1.03. The van der Waals surface area contributed by atoms with Crippen LogP contribution in [0.1, 0.15) is 32.3 Å². The Balaban J connectivity index is 2.65. The molecule has 1 rings (SSSR count). The first-order chi connectivity index (χ1) is 8.48. The van der Waals surface area contributed by atoms with Gasteiger partial charge in [-0.05, 0) is 32.3 Å². The first kappa shape index (κ1) is 14.7. The average molecular weight is 250 g/mol. The molecule has 0 radical (unpaired) electrons. The first-order valence-electron chi connectivity index (χ1n) is 6.24. The zero-order valence-corrected chi connectivity index (χ0v) is 11.0. The van der Waals surface area contributed by atoms with Gasteiger partial charge in [0.2, 0.25) is 5.91 Å². The molecule has 4 nitrogen and oxygen atoms in total. The summed E-state index contributed by atoms with van der Waals surface area (Å²) in [7, 11) is 0. The third kappa shape index (κ3) is 3.82. The molecule has 0 spiro atoms. The molecule has 0 fully saturated rings. The summed E-state index contributed by atoms with van der Waals surface area (Å²) in [6, 6.07) is 9.32. The summed E-state index contributed by atoms with van der Waals surface area (Å²) in [5.74, 6) is -0.195. The molecule has 2 unspecified atom stereocenters. The predicted molar refractivity (Wildman–Crippen MR) is 71.9 cm³/mol. The third-order valence-corrected chi connectivity index (χ3v) is 3.02. The Labute approximate surface area is 108 Å². The van der Waals surface area contributed by atoms with Crippen molar-refractivity contribution in [3.05, 3.63) is 35.9 Å². The van der Waals surface area contributed by atoms with Crippen LogP contribution in [0.5, 0.6) is 0 Å². The number of hydrogen-bond acceptors (Lipinski definition) is 3. The average Bonchev–Trinajstić information content (AvgIpc) is 2.37. The van der Waals surface area contributed by atoms with Gasteiger partial charge < -0.3 is 16.2 Å². The van der Waals surface area contributed by atoms with Gasteiger partial charge in [-0.1, -0.05) is 30.3 Å². The van der Waals surface area contributed by atoms with Gasteiger partial charge in [0.25, 0.3) is 0 Å². The highest BCUT2D eigenvalue weighted by Crippen LogP contribution is 2.17. The minimum absolute atomic E-state index is 0.0104. The second kappa shape index (κ2) is 6.52.